The van der Waals surface area contributed by atoms with E-state index < -0.39 is 0 Å². The summed E-state index contributed by atoms with van der Waals surface area (Å²) in [5.74, 6) is 0.463. The van der Waals surface area contributed by atoms with Gasteiger partial charge in [-0.3, -0.25) is 0 Å². The van der Waals surface area contributed by atoms with Gasteiger partial charge < -0.3 is 9.80 Å². The molecule has 1 saturated heterocycles. The Kier molecular flexibility index (Phi) is 4.60. The molecule has 0 radical (unpaired) electrons. The average molecular weight is 288 g/mol. The summed E-state index contributed by atoms with van der Waals surface area (Å²) in [7, 11) is 3.65. The second kappa shape index (κ2) is 6.08. The molecule has 1 heterocycles. The predicted molar refractivity (Wildman–Crippen MR) is 87.8 cm³/mol. The lowest BCUT2D eigenvalue weighted by Gasteiger charge is -2.35. The minimum absolute atomic E-state index is 0.131. The van der Waals surface area contributed by atoms with E-state index in [-0.39, 0.29) is 11.4 Å². The van der Waals surface area contributed by atoms with Crippen LogP contribution in [0.15, 0.2) is 24.3 Å². The van der Waals surface area contributed by atoms with Crippen molar-refractivity contribution in [1.82, 2.24) is 9.80 Å². The molecule has 1 unspecified atom stereocenters. The van der Waals surface area contributed by atoms with Gasteiger partial charge in [0.2, 0.25) is 0 Å². The van der Waals surface area contributed by atoms with Crippen molar-refractivity contribution in [3.8, 4) is 0 Å². The number of amides is 2. The van der Waals surface area contributed by atoms with E-state index in [0.717, 1.165) is 19.5 Å². The smallest absolute Gasteiger partial charge is 0.319 e. The van der Waals surface area contributed by atoms with Gasteiger partial charge in [0, 0.05) is 33.1 Å². The molecule has 1 fully saturated rings. The lowest BCUT2D eigenvalue weighted by Crippen LogP contribution is -2.44. The number of carbonyl (C=O) groups is 1. The lowest BCUT2D eigenvalue weighted by atomic mass is 9.83. The Morgan fingerprint density at radius 2 is 2.00 bits per heavy atom. The third-order valence-electron chi connectivity index (χ3n) is 4.30. The Bertz CT molecular complexity index is 502. The molecule has 0 N–H and O–H groups in total. The summed E-state index contributed by atoms with van der Waals surface area (Å²) in [4.78, 5) is 15.8. The van der Waals surface area contributed by atoms with Crippen molar-refractivity contribution < 1.29 is 4.79 Å². The summed E-state index contributed by atoms with van der Waals surface area (Å²) in [6.45, 7) is 8.45. The molecule has 0 aliphatic carbocycles. The van der Waals surface area contributed by atoms with Crippen molar-refractivity contribution in [2.24, 2.45) is 0 Å². The van der Waals surface area contributed by atoms with E-state index in [1.807, 2.05) is 19.0 Å². The van der Waals surface area contributed by atoms with Crippen LogP contribution in [-0.4, -0.2) is 43.0 Å². The average Bonchev–Trinajstić information content (AvgIpc) is 2.46. The van der Waals surface area contributed by atoms with E-state index in [1.165, 1.54) is 17.5 Å². The van der Waals surface area contributed by atoms with Gasteiger partial charge in [-0.15, -0.1) is 0 Å². The van der Waals surface area contributed by atoms with Crippen LogP contribution in [0, 0.1) is 0 Å². The highest BCUT2D eigenvalue weighted by atomic mass is 16.2. The molecule has 1 aliphatic rings. The second-order valence-corrected chi connectivity index (χ2v) is 7.34. The van der Waals surface area contributed by atoms with E-state index in [0.29, 0.717) is 5.92 Å². The normalized spacial score (nSPS) is 19.5. The Morgan fingerprint density at radius 1 is 1.29 bits per heavy atom. The van der Waals surface area contributed by atoms with Crippen molar-refractivity contribution >= 4 is 6.03 Å². The summed E-state index contributed by atoms with van der Waals surface area (Å²) in [6.07, 6.45) is 2.26. The minimum atomic E-state index is 0.131. The number of nitrogens with zero attached hydrogens (tertiary/aromatic N) is 2. The van der Waals surface area contributed by atoms with Crippen LogP contribution >= 0.6 is 0 Å². The zero-order valence-electron chi connectivity index (χ0n) is 14.0. The van der Waals surface area contributed by atoms with Crippen LogP contribution in [0.1, 0.15) is 50.7 Å². The van der Waals surface area contributed by atoms with Crippen LogP contribution < -0.4 is 0 Å². The fourth-order valence-corrected chi connectivity index (χ4v) is 2.96. The van der Waals surface area contributed by atoms with Crippen molar-refractivity contribution in [2.45, 2.75) is 44.9 Å². The first-order chi connectivity index (χ1) is 9.79. The van der Waals surface area contributed by atoms with Crippen molar-refractivity contribution in [3.63, 3.8) is 0 Å². The molecule has 1 aromatic rings. The van der Waals surface area contributed by atoms with Gasteiger partial charge in [0.15, 0.2) is 0 Å². The number of piperidine rings is 1. The first kappa shape index (κ1) is 15.9. The molecular formula is C18H28N2O. The molecule has 1 aliphatic heterocycles. The quantitative estimate of drug-likeness (QED) is 0.770. The van der Waals surface area contributed by atoms with Gasteiger partial charge in [0.05, 0.1) is 0 Å². The van der Waals surface area contributed by atoms with Gasteiger partial charge in [-0.25, -0.2) is 4.79 Å². The first-order valence-corrected chi connectivity index (χ1v) is 7.85. The summed E-state index contributed by atoms with van der Waals surface area (Å²) in [6, 6.07) is 9.03. The maximum Gasteiger partial charge on any atom is 0.319 e. The van der Waals surface area contributed by atoms with Crippen molar-refractivity contribution in [2.75, 3.05) is 27.2 Å². The Balaban J connectivity index is 2.16. The predicted octanol–water partition coefficient (Wildman–Crippen LogP) is 3.85. The molecule has 0 bridgehead atoms. The molecule has 3 heteroatoms. The Labute approximate surface area is 128 Å². The SMILES string of the molecule is CN(C)C(=O)N1CCCC(c2cccc(C(C)(C)C)c2)C1. The van der Waals surface area contributed by atoms with Crippen molar-refractivity contribution in [3.05, 3.63) is 35.4 Å². The van der Waals surface area contributed by atoms with E-state index in [4.69, 9.17) is 0 Å². The highest BCUT2D eigenvalue weighted by Crippen LogP contribution is 2.30. The summed E-state index contributed by atoms with van der Waals surface area (Å²) in [5.41, 5.74) is 2.92. The van der Waals surface area contributed by atoms with Crippen LogP contribution in [-0.2, 0) is 5.41 Å². The number of likely N-dealkylation sites (tertiary alicyclic amines) is 1. The third-order valence-corrected chi connectivity index (χ3v) is 4.30. The molecule has 0 saturated carbocycles. The van der Waals surface area contributed by atoms with E-state index in [1.54, 1.807) is 4.90 Å². The Hall–Kier alpha value is -1.51. The number of carbonyl (C=O) groups excluding carboxylic acids is 1. The third kappa shape index (κ3) is 3.78. The Morgan fingerprint density at radius 3 is 2.62 bits per heavy atom. The number of hydrogen-bond donors (Lipinski definition) is 0. The van der Waals surface area contributed by atoms with Gasteiger partial charge in [-0.1, -0.05) is 45.0 Å². The molecular weight excluding hydrogens is 260 g/mol. The maximum absolute atomic E-state index is 12.2. The van der Waals surface area contributed by atoms with Crippen LogP contribution in [0.5, 0.6) is 0 Å². The van der Waals surface area contributed by atoms with Gasteiger partial charge >= 0.3 is 6.03 Å². The van der Waals surface area contributed by atoms with Gasteiger partial charge in [-0.05, 0) is 29.4 Å². The zero-order valence-corrected chi connectivity index (χ0v) is 14.0. The van der Waals surface area contributed by atoms with Gasteiger partial charge in [0.25, 0.3) is 0 Å². The number of benzene rings is 1. The van der Waals surface area contributed by atoms with Crippen LogP contribution in [0.2, 0.25) is 0 Å². The number of rotatable bonds is 1. The standard InChI is InChI=1S/C18H28N2O/c1-18(2,3)16-10-6-8-14(12-16)15-9-7-11-20(13-15)17(21)19(4)5/h6,8,10,12,15H,7,9,11,13H2,1-5H3. The van der Waals surface area contributed by atoms with Crippen LogP contribution in [0.4, 0.5) is 4.79 Å². The molecule has 1 atom stereocenters. The van der Waals surface area contributed by atoms with Gasteiger partial charge in [0.1, 0.15) is 0 Å². The highest BCUT2D eigenvalue weighted by Gasteiger charge is 2.26. The van der Waals surface area contributed by atoms with Crippen molar-refractivity contribution in [1.29, 1.82) is 0 Å². The first-order valence-electron chi connectivity index (χ1n) is 7.85. The molecule has 116 valence electrons. The molecule has 3 nitrogen and oxygen atoms in total. The lowest BCUT2D eigenvalue weighted by molar-refractivity contribution is 0.154. The number of hydrogen-bond acceptors (Lipinski definition) is 1. The van der Waals surface area contributed by atoms with Crippen LogP contribution in [0.3, 0.4) is 0 Å². The largest absolute Gasteiger partial charge is 0.331 e. The van der Waals surface area contributed by atoms with Gasteiger partial charge in [-0.2, -0.15) is 0 Å². The maximum atomic E-state index is 12.2. The molecule has 1 aromatic carbocycles. The van der Waals surface area contributed by atoms with E-state index >= 15 is 0 Å². The monoisotopic (exact) mass is 288 g/mol. The molecule has 0 spiro atoms. The molecule has 0 aromatic heterocycles. The fraction of sp³-hybridized carbons (Fsp3) is 0.611. The minimum Gasteiger partial charge on any atom is -0.331 e. The summed E-state index contributed by atoms with van der Waals surface area (Å²) >= 11 is 0. The van der Waals surface area contributed by atoms with Crippen LogP contribution in [0.25, 0.3) is 0 Å². The van der Waals surface area contributed by atoms with E-state index in [9.17, 15) is 4.79 Å². The summed E-state index contributed by atoms with van der Waals surface area (Å²) in [5, 5.41) is 0. The highest BCUT2D eigenvalue weighted by molar-refractivity contribution is 5.74. The zero-order chi connectivity index (χ0) is 15.6. The van der Waals surface area contributed by atoms with E-state index in [2.05, 4.69) is 45.0 Å². The molecule has 21 heavy (non-hydrogen) atoms. The number of urea groups is 1. The molecule has 2 amide bonds. The second-order valence-electron chi connectivity index (χ2n) is 7.34. The topological polar surface area (TPSA) is 23.6 Å². The fourth-order valence-electron chi connectivity index (χ4n) is 2.96. The molecule has 2 rings (SSSR count). The summed E-state index contributed by atoms with van der Waals surface area (Å²) < 4.78 is 0.